The Kier molecular flexibility index (Phi) is 7.64. The maximum Gasteiger partial charge on any atom is 0.198 e. The van der Waals surface area contributed by atoms with Gasteiger partial charge in [0, 0.05) is 25.3 Å². The second kappa shape index (κ2) is 9.78. The van der Waals surface area contributed by atoms with Crippen LogP contribution >= 0.6 is 24.0 Å². The van der Waals surface area contributed by atoms with E-state index in [4.69, 9.17) is 4.99 Å². The van der Waals surface area contributed by atoms with Gasteiger partial charge in [0.2, 0.25) is 0 Å². The minimum absolute atomic E-state index is 0. The summed E-state index contributed by atoms with van der Waals surface area (Å²) >= 11 is 0. The van der Waals surface area contributed by atoms with Gasteiger partial charge >= 0.3 is 0 Å². The summed E-state index contributed by atoms with van der Waals surface area (Å²) in [5, 5.41) is 3.64. The molecular formula is C21H32IN3O2S. The van der Waals surface area contributed by atoms with Gasteiger partial charge in [0.05, 0.1) is 11.5 Å². The van der Waals surface area contributed by atoms with Gasteiger partial charge in [-0.2, -0.15) is 0 Å². The summed E-state index contributed by atoms with van der Waals surface area (Å²) in [5.74, 6) is 2.45. The van der Waals surface area contributed by atoms with Gasteiger partial charge in [0.1, 0.15) is 0 Å². The van der Waals surface area contributed by atoms with Crippen LogP contribution in [0.3, 0.4) is 0 Å². The number of anilines is 1. The van der Waals surface area contributed by atoms with Crippen molar-refractivity contribution >= 4 is 45.5 Å². The molecule has 1 saturated carbocycles. The van der Waals surface area contributed by atoms with Gasteiger partial charge < -0.3 is 10.2 Å². The van der Waals surface area contributed by atoms with Gasteiger partial charge in [-0.05, 0) is 49.1 Å². The van der Waals surface area contributed by atoms with Crippen LogP contribution in [0.15, 0.2) is 29.3 Å². The van der Waals surface area contributed by atoms with Crippen LogP contribution in [-0.4, -0.2) is 45.5 Å². The highest BCUT2D eigenvalue weighted by atomic mass is 127. The fraction of sp³-hybridized carbons (Fsp3) is 0.667. The van der Waals surface area contributed by atoms with Crippen LogP contribution in [0.25, 0.3) is 0 Å². The molecule has 4 rings (SSSR count). The van der Waals surface area contributed by atoms with Crippen LogP contribution in [0.1, 0.15) is 44.1 Å². The number of hydrogen-bond acceptors (Lipinski definition) is 3. The van der Waals surface area contributed by atoms with Gasteiger partial charge in [0.25, 0.3) is 0 Å². The van der Waals surface area contributed by atoms with E-state index < -0.39 is 9.84 Å². The molecule has 2 heterocycles. The van der Waals surface area contributed by atoms with Gasteiger partial charge in [-0.3, -0.25) is 4.99 Å². The largest absolute Gasteiger partial charge is 0.356 e. The lowest BCUT2D eigenvalue weighted by Gasteiger charge is -2.27. The normalized spacial score (nSPS) is 24.6. The highest BCUT2D eigenvalue weighted by molar-refractivity contribution is 14.0. The molecule has 1 atom stereocenters. The molecule has 3 aliphatic rings. The van der Waals surface area contributed by atoms with E-state index in [9.17, 15) is 8.42 Å². The first-order valence-electron chi connectivity index (χ1n) is 10.4. The molecule has 1 unspecified atom stereocenters. The summed E-state index contributed by atoms with van der Waals surface area (Å²) in [5.41, 5.74) is 2.61. The average Bonchev–Trinajstić information content (AvgIpc) is 3.26. The van der Waals surface area contributed by atoms with Crippen molar-refractivity contribution in [2.45, 2.75) is 44.9 Å². The number of fused-ring (bicyclic) bond motifs is 1. The lowest BCUT2D eigenvalue weighted by Crippen LogP contribution is -2.43. The lowest BCUT2D eigenvalue weighted by atomic mass is 9.89. The van der Waals surface area contributed by atoms with Crippen LogP contribution in [0.4, 0.5) is 5.69 Å². The third kappa shape index (κ3) is 5.40. The monoisotopic (exact) mass is 517 g/mol. The van der Waals surface area contributed by atoms with Crippen LogP contribution in [-0.2, 0) is 16.3 Å². The molecule has 156 valence electrons. The lowest BCUT2D eigenvalue weighted by molar-refractivity contribution is 0.356. The maximum absolute atomic E-state index is 11.8. The molecule has 2 fully saturated rings. The molecular weight excluding hydrogens is 485 g/mol. The number of halogens is 1. The van der Waals surface area contributed by atoms with Crippen LogP contribution in [0, 0.1) is 11.8 Å². The molecule has 1 N–H and O–H groups in total. The van der Waals surface area contributed by atoms with Crippen molar-refractivity contribution in [3.63, 3.8) is 0 Å². The number of hydrogen-bond donors (Lipinski definition) is 1. The van der Waals surface area contributed by atoms with Crippen molar-refractivity contribution in [3.8, 4) is 0 Å². The first kappa shape index (κ1) is 21.9. The zero-order valence-corrected chi connectivity index (χ0v) is 19.6. The third-order valence-electron chi connectivity index (χ3n) is 6.24. The Bertz CT molecular complexity index is 791. The standard InChI is InChI=1S/C21H31N3O2S.HI/c25-27(26)13-11-18(16-27)15-23-21(22-14-17-6-2-1-3-7-17)24-12-10-19-8-4-5-9-20(19)24;/h4-5,8-9,17-18H,1-3,6-7,10-16H2,(H,22,23);1H. The SMILES string of the molecule is I.O=S1(=O)CCC(CN=C(NCC2CCCCC2)N2CCc3ccccc32)C1. The molecule has 5 nitrogen and oxygen atoms in total. The van der Waals surface area contributed by atoms with Gasteiger partial charge in [-0.1, -0.05) is 37.5 Å². The Balaban J connectivity index is 0.00000225. The zero-order valence-electron chi connectivity index (χ0n) is 16.5. The molecule has 7 heteroatoms. The summed E-state index contributed by atoms with van der Waals surface area (Å²) < 4.78 is 23.5. The third-order valence-corrected chi connectivity index (χ3v) is 8.08. The second-order valence-corrected chi connectivity index (χ2v) is 10.6. The Morgan fingerprint density at radius 1 is 1.11 bits per heavy atom. The summed E-state index contributed by atoms with van der Waals surface area (Å²) in [6, 6.07) is 8.54. The first-order chi connectivity index (χ1) is 13.1. The summed E-state index contributed by atoms with van der Waals surface area (Å²) in [6.07, 6.45) is 8.44. The van der Waals surface area contributed by atoms with E-state index in [1.807, 2.05) is 0 Å². The highest BCUT2D eigenvalue weighted by Gasteiger charge is 2.29. The van der Waals surface area contributed by atoms with Crippen LogP contribution in [0.5, 0.6) is 0 Å². The molecule has 2 aliphatic heterocycles. The van der Waals surface area contributed by atoms with E-state index in [1.165, 1.54) is 43.4 Å². The molecule has 1 aromatic rings. The molecule has 0 bridgehead atoms. The van der Waals surface area contributed by atoms with Crippen molar-refractivity contribution in [2.75, 3.05) is 36.0 Å². The fourth-order valence-electron chi connectivity index (χ4n) is 4.65. The van der Waals surface area contributed by atoms with E-state index in [0.717, 1.165) is 37.8 Å². The second-order valence-electron chi connectivity index (χ2n) is 8.35. The van der Waals surface area contributed by atoms with Gasteiger partial charge in [-0.25, -0.2) is 8.42 Å². The minimum Gasteiger partial charge on any atom is -0.356 e. The van der Waals surface area contributed by atoms with E-state index in [-0.39, 0.29) is 29.9 Å². The zero-order chi connectivity index (χ0) is 18.7. The molecule has 1 saturated heterocycles. The number of para-hydroxylation sites is 1. The molecule has 28 heavy (non-hydrogen) atoms. The van der Waals surface area contributed by atoms with Crippen LogP contribution in [0.2, 0.25) is 0 Å². The molecule has 0 aromatic heterocycles. The van der Waals surface area contributed by atoms with E-state index in [2.05, 4.69) is 34.5 Å². The van der Waals surface area contributed by atoms with Gasteiger partial charge in [0.15, 0.2) is 15.8 Å². The Morgan fingerprint density at radius 2 is 1.89 bits per heavy atom. The average molecular weight is 517 g/mol. The number of aliphatic imine (C=N–C) groups is 1. The Hall–Kier alpha value is -0.830. The van der Waals surface area contributed by atoms with E-state index >= 15 is 0 Å². The predicted octanol–water partition coefficient (Wildman–Crippen LogP) is 3.63. The van der Waals surface area contributed by atoms with Gasteiger partial charge in [-0.15, -0.1) is 24.0 Å². The Morgan fingerprint density at radius 3 is 2.64 bits per heavy atom. The fourth-order valence-corrected chi connectivity index (χ4v) is 6.50. The Labute approximate surface area is 186 Å². The molecule has 0 spiro atoms. The van der Waals surface area contributed by atoms with Crippen molar-refractivity contribution in [1.82, 2.24) is 5.32 Å². The minimum atomic E-state index is -2.84. The van der Waals surface area contributed by atoms with E-state index in [0.29, 0.717) is 18.1 Å². The number of nitrogens with zero attached hydrogens (tertiary/aromatic N) is 2. The summed E-state index contributed by atoms with van der Waals surface area (Å²) in [6.45, 7) is 2.52. The molecule has 1 aromatic carbocycles. The predicted molar refractivity (Wildman–Crippen MR) is 127 cm³/mol. The smallest absolute Gasteiger partial charge is 0.198 e. The van der Waals surface area contributed by atoms with Crippen molar-refractivity contribution in [1.29, 1.82) is 0 Å². The van der Waals surface area contributed by atoms with Crippen molar-refractivity contribution in [3.05, 3.63) is 29.8 Å². The topological polar surface area (TPSA) is 61.8 Å². The molecule has 0 radical (unpaired) electrons. The van der Waals surface area contributed by atoms with Crippen molar-refractivity contribution in [2.24, 2.45) is 16.8 Å². The number of benzene rings is 1. The number of guanidine groups is 1. The number of sulfone groups is 1. The number of nitrogens with one attached hydrogen (secondary N) is 1. The first-order valence-corrected chi connectivity index (χ1v) is 12.3. The van der Waals surface area contributed by atoms with E-state index in [1.54, 1.807) is 0 Å². The quantitative estimate of drug-likeness (QED) is 0.377. The van der Waals surface area contributed by atoms with Crippen LogP contribution < -0.4 is 10.2 Å². The summed E-state index contributed by atoms with van der Waals surface area (Å²) in [4.78, 5) is 7.20. The molecule has 0 amide bonds. The highest BCUT2D eigenvalue weighted by Crippen LogP contribution is 2.28. The van der Waals surface area contributed by atoms with Crippen molar-refractivity contribution < 1.29 is 8.42 Å². The number of rotatable bonds is 4. The molecule has 1 aliphatic carbocycles. The summed E-state index contributed by atoms with van der Waals surface area (Å²) in [7, 11) is -2.84. The maximum atomic E-state index is 11.8.